The van der Waals surface area contributed by atoms with Crippen molar-refractivity contribution in [3.05, 3.63) is 88.9 Å². The van der Waals surface area contributed by atoms with Crippen molar-refractivity contribution < 1.29 is 28.1 Å². The molecule has 0 atom stereocenters. The van der Waals surface area contributed by atoms with Crippen molar-refractivity contribution in [1.82, 2.24) is 0 Å². The molecule has 3 aromatic rings. The van der Waals surface area contributed by atoms with Crippen LogP contribution in [0.25, 0.3) is 6.08 Å². The summed E-state index contributed by atoms with van der Waals surface area (Å²) in [5.41, 5.74) is 1.99. The average Bonchev–Trinajstić information content (AvgIpc) is 3.08. The van der Waals surface area contributed by atoms with Gasteiger partial charge in [0.15, 0.2) is 5.76 Å². The first-order chi connectivity index (χ1) is 14.6. The van der Waals surface area contributed by atoms with E-state index < -0.39 is 0 Å². The van der Waals surface area contributed by atoms with Gasteiger partial charge >= 0.3 is 0 Å². The van der Waals surface area contributed by atoms with E-state index in [0.717, 1.165) is 5.56 Å². The number of rotatable bonds is 6. The highest BCUT2D eigenvalue weighted by molar-refractivity contribution is 6.14. The summed E-state index contributed by atoms with van der Waals surface area (Å²) in [4.78, 5) is 12.7. The number of methoxy groups -OCH3 is 2. The van der Waals surface area contributed by atoms with Gasteiger partial charge in [-0.25, -0.2) is 4.39 Å². The third-order valence-electron chi connectivity index (χ3n) is 4.69. The van der Waals surface area contributed by atoms with Crippen LogP contribution in [-0.2, 0) is 6.61 Å². The van der Waals surface area contributed by atoms with Gasteiger partial charge in [-0.1, -0.05) is 12.1 Å². The van der Waals surface area contributed by atoms with E-state index in [4.69, 9.17) is 18.9 Å². The van der Waals surface area contributed by atoms with Crippen molar-refractivity contribution in [2.24, 2.45) is 0 Å². The van der Waals surface area contributed by atoms with Crippen LogP contribution in [0.5, 0.6) is 23.0 Å². The molecule has 5 nitrogen and oxygen atoms in total. The van der Waals surface area contributed by atoms with Gasteiger partial charge in [0, 0.05) is 17.7 Å². The average molecular weight is 406 g/mol. The Bertz CT molecular complexity index is 1120. The molecule has 1 aliphatic rings. The van der Waals surface area contributed by atoms with E-state index in [1.54, 1.807) is 68.8 Å². The fraction of sp³-hybridized carbons (Fsp3) is 0.125. The lowest BCUT2D eigenvalue weighted by Crippen LogP contribution is -1.99. The van der Waals surface area contributed by atoms with E-state index in [1.807, 2.05) is 0 Å². The zero-order valence-corrected chi connectivity index (χ0v) is 16.5. The number of allylic oxidation sites excluding steroid dienone is 1. The van der Waals surface area contributed by atoms with Gasteiger partial charge in [-0.3, -0.25) is 4.79 Å². The summed E-state index contributed by atoms with van der Waals surface area (Å²) in [6, 6.07) is 16.4. The van der Waals surface area contributed by atoms with Gasteiger partial charge in [0.05, 0.1) is 19.8 Å². The summed E-state index contributed by atoms with van der Waals surface area (Å²) in [7, 11) is 3.12. The second kappa shape index (κ2) is 8.29. The van der Waals surface area contributed by atoms with Crippen molar-refractivity contribution in [1.29, 1.82) is 0 Å². The maximum Gasteiger partial charge on any atom is 0.231 e. The van der Waals surface area contributed by atoms with Gasteiger partial charge in [-0.05, 0) is 48.0 Å². The molecule has 6 heteroatoms. The number of hydrogen-bond donors (Lipinski definition) is 0. The van der Waals surface area contributed by atoms with E-state index in [1.165, 1.54) is 12.1 Å². The Morgan fingerprint density at radius 3 is 2.43 bits per heavy atom. The standard InChI is InChI=1S/C24H19FO5/c1-27-18-8-5-16(21(12-18)28-2)11-23-24(26)20-10-9-19(13-22(20)30-23)29-14-15-3-6-17(25)7-4-15/h3-13H,14H2,1-2H3/b23-11+. The first-order valence-corrected chi connectivity index (χ1v) is 9.25. The lowest BCUT2D eigenvalue weighted by molar-refractivity contribution is 0.101. The highest BCUT2D eigenvalue weighted by atomic mass is 19.1. The van der Waals surface area contributed by atoms with E-state index in [9.17, 15) is 9.18 Å². The Morgan fingerprint density at radius 2 is 1.70 bits per heavy atom. The van der Waals surface area contributed by atoms with Crippen LogP contribution in [0.4, 0.5) is 4.39 Å². The third-order valence-corrected chi connectivity index (χ3v) is 4.69. The predicted octanol–water partition coefficient (Wildman–Crippen LogP) is 5.04. The Kier molecular flexibility index (Phi) is 5.39. The molecule has 1 heterocycles. The minimum absolute atomic E-state index is 0.198. The zero-order chi connectivity index (χ0) is 21.1. The van der Waals surface area contributed by atoms with Crippen LogP contribution in [0.15, 0.2) is 66.4 Å². The molecular formula is C24H19FO5. The Morgan fingerprint density at radius 1 is 0.933 bits per heavy atom. The fourth-order valence-electron chi connectivity index (χ4n) is 3.08. The molecule has 4 rings (SSSR count). The first kappa shape index (κ1) is 19.5. The van der Waals surface area contributed by atoms with Crippen LogP contribution in [0, 0.1) is 5.82 Å². The molecule has 0 radical (unpaired) electrons. The van der Waals surface area contributed by atoms with Crippen LogP contribution in [-0.4, -0.2) is 20.0 Å². The molecule has 0 N–H and O–H groups in total. The van der Waals surface area contributed by atoms with Crippen molar-refractivity contribution in [2.45, 2.75) is 6.61 Å². The Labute approximate surface area is 173 Å². The van der Waals surface area contributed by atoms with E-state index in [0.29, 0.717) is 34.1 Å². The Hall–Kier alpha value is -3.80. The molecule has 0 saturated heterocycles. The van der Waals surface area contributed by atoms with E-state index >= 15 is 0 Å². The molecule has 0 bridgehead atoms. The summed E-state index contributed by atoms with van der Waals surface area (Å²) >= 11 is 0. The van der Waals surface area contributed by atoms with E-state index in [2.05, 4.69) is 0 Å². The highest BCUT2D eigenvalue weighted by Crippen LogP contribution is 2.36. The largest absolute Gasteiger partial charge is 0.497 e. The van der Waals surface area contributed by atoms with Crippen molar-refractivity contribution >= 4 is 11.9 Å². The third kappa shape index (κ3) is 3.98. The molecule has 30 heavy (non-hydrogen) atoms. The van der Waals surface area contributed by atoms with Gasteiger partial charge < -0.3 is 18.9 Å². The van der Waals surface area contributed by atoms with Crippen LogP contribution >= 0.6 is 0 Å². The zero-order valence-electron chi connectivity index (χ0n) is 16.5. The second-order valence-electron chi connectivity index (χ2n) is 6.62. The molecule has 0 fully saturated rings. The predicted molar refractivity (Wildman–Crippen MR) is 110 cm³/mol. The van der Waals surface area contributed by atoms with Gasteiger partial charge in [-0.15, -0.1) is 0 Å². The monoisotopic (exact) mass is 406 g/mol. The van der Waals surface area contributed by atoms with Gasteiger partial charge in [0.2, 0.25) is 5.78 Å². The van der Waals surface area contributed by atoms with Gasteiger partial charge in [-0.2, -0.15) is 0 Å². The van der Waals surface area contributed by atoms with Crippen molar-refractivity contribution in [2.75, 3.05) is 14.2 Å². The molecule has 0 amide bonds. The molecule has 0 spiro atoms. The van der Waals surface area contributed by atoms with Crippen molar-refractivity contribution in [3.63, 3.8) is 0 Å². The number of carbonyl (C=O) groups is 1. The molecule has 0 saturated carbocycles. The Balaban J connectivity index is 1.53. The summed E-state index contributed by atoms with van der Waals surface area (Å²) in [5.74, 6) is 1.88. The first-order valence-electron chi connectivity index (χ1n) is 9.25. The van der Waals surface area contributed by atoms with Gasteiger partial charge in [0.1, 0.15) is 35.4 Å². The number of carbonyl (C=O) groups excluding carboxylic acids is 1. The fourth-order valence-corrected chi connectivity index (χ4v) is 3.08. The van der Waals surface area contributed by atoms with Crippen LogP contribution in [0.3, 0.4) is 0 Å². The summed E-state index contributed by atoms with van der Waals surface area (Å²) in [5, 5.41) is 0. The van der Waals surface area contributed by atoms with Gasteiger partial charge in [0.25, 0.3) is 0 Å². The van der Waals surface area contributed by atoms with Crippen molar-refractivity contribution in [3.8, 4) is 23.0 Å². The molecule has 0 aromatic heterocycles. The number of Topliss-reactive ketones (excluding diaryl/α,β-unsaturated/α-hetero) is 1. The number of ether oxygens (including phenoxy) is 4. The summed E-state index contributed by atoms with van der Waals surface area (Å²) in [6.07, 6.45) is 1.64. The van der Waals surface area contributed by atoms with Crippen LogP contribution in [0.1, 0.15) is 21.5 Å². The molecule has 1 aliphatic heterocycles. The molecule has 152 valence electrons. The minimum Gasteiger partial charge on any atom is -0.497 e. The topological polar surface area (TPSA) is 54.0 Å². The van der Waals surface area contributed by atoms with Crippen LogP contribution < -0.4 is 18.9 Å². The number of benzene rings is 3. The lowest BCUT2D eigenvalue weighted by atomic mass is 10.1. The number of hydrogen-bond acceptors (Lipinski definition) is 5. The molecule has 0 unspecified atom stereocenters. The minimum atomic E-state index is -0.295. The second-order valence-corrected chi connectivity index (χ2v) is 6.62. The normalized spacial score (nSPS) is 13.7. The number of halogens is 1. The molecular weight excluding hydrogens is 387 g/mol. The van der Waals surface area contributed by atoms with Crippen LogP contribution in [0.2, 0.25) is 0 Å². The summed E-state index contributed by atoms with van der Waals surface area (Å²) in [6.45, 7) is 0.277. The lowest BCUT2D eigenvalue weighted by Gasteiger charge is -2.08. The number of fused-ring (bicyclic) bond motifs is 1. The molecule has 0 aliphatic carbocycles. The maximum absolute atomic E-state index is 13.0. The maximum atomic E-state index is 13.0. The smallest absolute Gasteiger partial charge is 0.231 e. The number of ketones is 1. The SMILES string of the molecule is COc1ccc(/C=C2/Oc3cc(OCc4ccc(F)cc4)ccc3C2=O)c(OC)c1. The highest BCUT2D eigenvalue weighted by Gasteiger charge is 2.28. The summed E-state index contributed by atoms with van der Waals surface area (Å²) < 4.78 is 35.1. The van der Waals surface area contributed by atoms with E-state index in [-0.39, 0.29) is 24.0 Å². The quantitative estimate of drug-likeness (QED) is 0.537. The molecule has 3 aromatic carbocycles.